The van der Waals surface area contributed by atoms with Crippen molar-refractivity contribution in [1.29, 1.82) is 0 Å². The first kappa shape index (κ1) is 31.7. The Morgan fingerprint density at radius 3 is 1.98 bits per heavy atom. The number of rotatable bonds is 9. The van der Waals surface area contributed by atoms with E-state index in [2.05, 4.69) is 17.0 Å². The van der Waals surface area contributed by atoms with Crippen molar-refractivity contribution in [3.8, 4) is 0 Å². The van der Waals surface area contributed by atoms with Gasteiger partial charge in [0.05, 0.1) is 17.7 Å². The van der Waals surface area contributed by atoms with E-state index >= 15 is 0 Å². The van der Waals surface area contributed by atoms with Crippen molar-refractivity contribution < 1.29 is 27.0 Å². The number of amides is 2. The average molecular weight is 637 g/mol. The Balaban J connectivity index is 1.16. The highest BCUT2D eigenvalue weighted by Crippen LogP contribution is 2.44. The number of fused-ring (bicyclic) bond motifs is 3. The number of carbonyl (C=O) groups excluding carboxylic acids is 2. The lowest BCUT2D eigenvalue weighted by atomic mass is 9.78. The van der Waals surface area contributed by atoms with Crippen LogP contribution in [0, 0.1) is 29.3 Å². The van der Waals surface area contributed by atoms with E-state index in [1.165, 1.54) is 4.90 Å². The Bertz CT molecular complexity index is 1610. The highest BCUT2D eigenvalue weighted by molar-refractivity contribution is 7.86. The van der Waals surface area contributed by atoms with Crippen molar-refractivity contribution in [1.82, 2.24) is 9.80 Å². The predicted octanol–water partition coefficient (Wildman–Crippen LogP) is 7.05. The summed E-state index contributed by atoms with van der Waals surface area (Å²) in [5.41, 5.74) is 3.01. The van der Waals surface area contributed by atoms with E-state index in [9.17, 15) is 27.0 Å². The molecule has 2 amide bonds. The second kappa shape index (κ2) is 12.5. The van der Waals surface area contributed by atoms with Crippen molar-refractivity contribution in [2.75, 3.05) is 5.75 Å². The standard InChI is InChI=1S/C36H39F3N2O3S/c1-36(2,3)45(44)21-26(14-25-17-32(38)33(39)18-31(25)37)24-15-27-11-12-28(16-24)40(27)19-22-7-6-8-23(13-22)20-41-34(42)29-9-4-5-10-30(29)35(41)43/h4-10,13,17-18,24,26-28H,11-12,14-16,19-21H2,1-3H3/t24?,26-,27-,28+,45+/m0/s1. The van der Waals surface area contributed by atoms with Crippen molar-refractivity contribution >= 4 is 22.6 Å². The minimum Gasteiger partial charge on any atom is -0.293 e. The smallest absolute Gasteiger partial charge is 0.261 e. The number of hydrogen-bond donors (Lipinski definition) is 0. The molecule has 5 atom stereocenters. The maximum absolute atomic E-state index is 14.7. The zero-order valence-corrected chi connectivity index (χ0v) is 26.7. The predicted molar refractivity (Wildman–Crippen MR) is 168 cm³/mol. The van der Waals surface area contributed by atoms with Crippen LogP contribution >= 0.6 is 0 Å². The zero-order chi connectivity index (χ0) is 32.0. The number of benzene rings is 3. The molecule has 3 heterocycles. The van der Waals surface area contributed by atoms with E-state index in [1.807, 2.05) is 32.9 Å². The van der Waals surface area contributed by atoms with Crippen LogP contribution in [0.3, 0.4) is 0 Å². The Hall–Kier alpha value is -3.30. The lowest BCUT2D eigenvalue weighted by Gasteiger charge is -2.42. The molecular weight excluding hydrogens is 597 g/mol. The average Bonchev–Trinajstić information content (AvgIpc) is 3.36. The molecule has 3 aromatic carbocycles. The van der Waals surface area contributed by atoms with Crippen LogP contribution in [0.25, 0.3) is 0 Å². The first-order valence-electron chi connectivity index (χ1n) is 15.7. The van der Waals surface area contributed by atoms with Gasteiger partial charge in [-0.2, -0.15) is 0 Å². The molecule has 6 rings (SSSR count). The van der Waals surface area contributed by atoms with E-state index in [-0.39, 0.29) is 42.2 Å². The molecule has 9 heteroatoms. The summed E-state index contributed by atoms with van der Waals surface area (Å²) in [6.45, 7) is 6.71. The van der Waals surface area contributed by atoms with Gasteiger partial charge in [0.25, 0.3) is 11.8 Å². The Labute approximate surface area is 265 Å². The molecule has 2 bridgehead atoms. The molecule has 3 aromatic rings. The molecule has 0 aromatic heterocycles. The molecule has 2 saturated heterocycles. The third-order valence-corrected chi connectivity index (χ3v) is 11.9. The minimum atomic E-state index is -1.20. The number of imide groups is 1. The molecule has 0 aliphatic carbocycles. The molecule has 45 heavy (non-hydrogen) atoms. The van der Waals surface area contributed by atoms with Gasteiger partial charge in [-0.25, -0.2) is 13.2 Å². The molecule has 0 saturated carbocycles. The number of piperidine rings is 1. The molecule has 3 aliphatic rings. The lowest BCUT2D eigenvalue weighted by Crippen LogP contribution is -2.45. The summed E-state index contributed by atoms with van der Waals surface area (Å²) in [5, 5.41) is 0. The number of carbonyl (C=O) groups is 2. The van der Waals surface area contributed by atoms with Gasteiger partial charge in [0.2, 0.25) is 0 Å². The zero-order valence-electron chi connectivity index (χ0n) is 25.9. The Morgan fingerprint density at radius 2 is 1.38 bits per heavy atom. The van der Waals surface area contributed by atoms with Crippen molar-refractivity contribution in [2.24, 2.45) is 11.8 Å². The summed E-state index contributed by atoms with van der Waals surface area (Å²) in [6.07, 6.45) is 4.01. The van der Waals surface area contributed by atoms with Crippen LogP contribution < -0.4 is 0 Å². The third-order valence-electron chi connectivity index (χ3n) is 9.78. The molecule has 0 N–H and O–H groups in total. The molecule has 2 fully saturated rings. The highest BCUT2D eigenvalue weighted by Gasteiger charge is 2.44. The molecular formula is C36H39F3N2O3S. The maximum atomic E-state index is 14.7. The van der Waals surface area contributed by atoms with Gasteiger partial charge in [0.1, 0.15) is 5.82 Å². The van der Waals surface area contributed by atoms with Crippen molar-refractivity contribution in [3.05, 3.63) is 106 Å². The molecule has 5 nitrogen and oxygen atoms in total. The first-order chi connectivity index (χ1) is 21.4. The summed E-state index contributed by atoms with van der Waals surface area (Å²) in [7, 11) is -1.18. The van der Waals surface area contributed by atoms with Gasteiger partial charge < -0.3 is 0 Å². The summed E-state index contributed by atoms with van der Waals surface area (Å²) >= 11 is 0. The third kappa shape index (κ3) is 6.52. The van der Waals surface area contributed by atoms with E-state index < -0.39 is 33.0 Å². The fraction of sp³-hybridized carbons (Fsp3) is 0.444. The van der Waals surface area contributed by atoms with E-state index in [1.54, 1.807) is 24.3 Å². The van der Waals surface area contributed by atoms with Gasteiger partial charge >= 0.3 is 0 Å². The monoisotopic (exact) mass is 636 g/mol. The molecule has 0 spiro atoms. The topological polar surface area (TPSA) is 57.7 Å². The SMILES string of the molecule is CC(C)(C)[S@](=O)C[C@H](Cc1cc(F)c(F)cc1F)C1C[C@H]2CC[C@@H](C1)N2Cc1cccc(CN2C(=O)c3ccccc3C2=O)c1. The van der Waals surface area contributed by atoms with E-state index in [0.717, 1.165) is 49.4 Å². The van der Waals surface area contributed by atoms with Crippen LogP contribution in [-0.4, -0.2) is 48.4 Å². The normalized spacial score (nSPS) is 23.0. The second-order valence-corrected chi connectivity index (χ2v) is 16.0. The fourth-order valence-electron chi connectivity index (χ4n) is 7.37. The second-order valence-electron chi connectivity index (χ2n) is 13.8. The van der Waals surface area contributed by atoms with Gasteiger partial charge in [-0.05, 0) is 99.6 Å². The molecule has 0 radical (unpaired) electrons. The fourth-order valence-corrected chi connectivity index (χ4v) is 8.65. The number of halogens is 3. The minimum absolute atomic E-state index is 0.127. The molecule has 3 aliphatic heterocycles. The van der Waals surface area contributed by atoms with Gasteiger partial charge in [-0.15, -0.1) is 0 Å². The highest BCUT2D eigenvalue weighted by atomic mass is 32.2. The molecule has 1 unspecified atom stereocenters. The lowest BCUT2D eigenvalue weighted by molar-refractivity contribution is 0.0642. The van der Waals surface area contributed by atoms with Gasteiger partial charge in [-0.3, -0.25) is 23.6 Å². The summed E-state index contributed by atoms with van der Waals surface area (Å²) in [5.74, 6) is -3.14. The van der Waals surface area contributed by atoms with Crippen LogP contribution in [-0.2, 0) is 30.3 Å². The molecule has 238 valence electrons. The Morgan fingerprint density at radius 1 is 0.800 bits per heavy atom. The maximum Gasteiger partial charge on any atom is 0.261 e. The van der Waals surface area contributed by atoms with E-state index in [0.29, 0.717) is 35.0 Å². The van der Waals surface area contributed by atoms with Crippen LogP contribution in [0.15, 0.2) is 60.7 Å². The van der Waals surface area contributed by atoms with Gasteiger partial charge in [0.15, 0.2) is 11.6 Å². The number of hydrogen-bond acceptors (Lipinski definition) is 4. The quantitative estimate of drug-likeness (QED) is 0.187. The van der Waals surface area contributed by atoms with Crippen LogP contribution in [0.4, 0.5) is 13.2 Å². The van der Waals surface area contributed by atoms with Gasteiger partial charge in [-0.1, -0.05) is 36.4 Å². The number of nitrogens with zero attached hydrogens (tertiary/aromatic N) is 2. The first-order valence-corrected chi connectivity index (χ1v) is 17.0. The van der Waals surface area contributed by atoms with Crippen LogP contribution in [0.5, 0.6) is 0 Å². The summed E-state index contributed by atoms with van der Waals surface area (Å²) < 4.78 is 55.3. The van der Waals surface area contributed by atoms with Crippen LogP contribution in [0.1, 0.15) is 83.9 Å². The van der Waals surface area contributed by atoms with Crippen molar-refractivity contribution in [3.63, 3.8) is 0 Å². The summed E-state index contributed by atoms with van der Waals surface area (Å²) in [6, 6.07) is 17.1. The Kier molecular flexibility index (Phi) is 8.78. The van der Waals surface area contributed by atoms with Crippen LogP contribution in [0.2, 0.25) is 0 Å². The van der Waals surface area contributed by atoms with E-state index in [4.69, 9.17) is 0 Å². The summed E-state index contributed by atoms with van der Waals surface area (Å²) in [4.78, 5) is 29.6. The van der Waals surface area contributed by atoms with Gasteiger partial charge in [0, 0.05) is 46.0 Å². The van der Waals surface area contributed by atoms with Crippen molar-refractivity contribution in [2.45, 2.75) is 82.8 Å². The largest absolute Gasteiger partial charge is 0.293 e.